The Labute approximate surface area is 103 Å². The first-order chi connectivity index (χ1) is 8.33. The van der Waals surface area contributed by atoms with E-state index < -0.39 is 0 Å². The predicted octanol–water partition coefficient (Wildman–Crippen LogP) is 0.298. The number of rotatable bonds is 9. The second-order valence-electron chi connectivity index (χ2n) is 4.32. The van der Waals surface area contributed by atoms with Gasteiger partial charge in [-0.2, -0.15) is 0 Å². The molecule has 2 N–H and O–H groups in total. The highest BCUT2D eigenvalue weighted by Crippen LogP contribution is 2.16. The molecule has 1 aliphatic rings. The van der Waals surface area contributed by atoms with Gasteiger partial charge in [-0.3, -0.25) is 4.79 Å². The molecule has 0 radical (unpaired) electrons. The van der Waals surface area contributed by atoms with Crippen molar-refractivity contribution in [1.29, 1.82) is 0 Å². The van der Waals surface area contributed by atoms with Crippen molar-refractivity contribution >= 4 is 5.91 Å². The first kappa shape index (κ1) is 14.4. The van der Waals surface area contributed by atoms with Crippen LogP contribution in [-0.2, 0) is 14.3 Å². The zero-order chi connectivity index (χ0) is 12.3. The quantitative estimate of drug-likeness (QED) is 0.573. The van der Waals surface area contributed by atoms with E-state index in [2.05, 4.69) is 10.6 Å². The summed E-state index contributed by atoms with van der Waals surface area (Å²) in [6, 6.07) is 0.540. The molecule has 17 heavy (non-hydrogen) atoms. The van der Waals surface area contributed by atoms with Crippen LogP contribution >= 0.6 is 0 Å². The number of amides is 1. The standard InChI is InChI=1S/C12H24N2O3/c1-16-8-9-17-7-6-13-12(15)10-14-11-4-2-3-5-11/h11,14H,2-10H2,1H3,(H,13,15). The van der Waals surface area contributed by atoms with Crippen LogP contribution in [0.1, 0.15) is 25.7 Å². The Bertz CT molecular complexity index is 206. The van der Waals surface area contributed by atoms with E-state index in [1.807, 2.05) is 0 Å². The van der Waals surface area contributed by atoms with Gasteiger partial charge in [0.15, 0.2) is 0 Å². The van der Waals surface area contributed by atoms with Gasteiger partial charge in [-0.15, -0.1) is 0 Å². The fourth-order valence-corrected chi connectivity index (χ4v) is 1.94. The second kappa shape index (κ2) is 9.39. The van der Waals surface area contributed by atoms with Gasteiger partial charge in [0.1, 0.15) is 0 Å². The van der Waals surface area contributed by atoms with E-state index in [1.54, 1.807) is 7.11 Å². The number of hydrogen-bond acceptors (Lipinski definition) is 4. The minimum absolute atomic E-state index is 0.0484. The molecule has 5 nitrogen and oxygen atoms in total. The van der Waals surface area contributed by atoms with E-state index in [4.69, 9.17) is 9.47 Å². The molecule has 0 bridgehead atoms. The van der Waals surface area contributed by atoms with Crippen molar-refractivity contribution in [1.82, 2.24) is 10.6 Å². The molecule has 0 aromatic rings. The topological polar surface area (TPSA) is 59.6 Å². The lowest BCUT2D eigenvalue weighted by atomic mass is 10.2. The van der Waals surface area contributed by atoms with Gasteiger partial charge >= 0.3 is 0 Å². The van der Waals surface area contributed by atoms with Crippen molar-refractivity contribution in [2.45, 2.75) is 31.7 Å². The van der Waals surface area contributed by atoms with Crippen LogP contribution < -0.4 is 10.6 Å². The molecule has 1 aliphatic carbocycles. The van der Waals surface area contributed by atoms with Crippen molar-refractivity contribution in [2.75, 3.05) is 40.0 Å². The lowest BCUT2D eigenvalue weighted by Crippen LogP contribution is -2.39. The molecule has 100 valence electrons. The molecule has 0 aromatic carbocycles. The summed E-state index contributed by atoms with van der Waals surface area (Å²) >= 11 is 0. The summed E-state index contributed by atoms with van der Waals surface area (Å²) < 4.78 is 10.1. The zero-order valence-corrected chi connectivity index (χ0v) is 10.7. The maximum atomic E-state index is 11.4. The third kappa shape index (κ3) is 7.31. The number of carbonyl (C=O) groups excluding carboxylic acids is 1. The Balaban J connectivity index is 1.87. The fourth-order valence-electron chi connectivity index (χ4n) is 1.94. The van der Waals surface area contributed by atoms with E-state index in [0.29, 0.717) is 39.0 Å². The Kier molecular flexibility index (Phi) is 7.96. The van der Waals surface area contributed by atoms with Gasteiger partial charge in [-0.25, -0.2) is 0 Å². The van der Waals surface area contributed by atoms with Crippen LogP contribution in [0.15, 0.2) is 0 Å². The summed E-state index contributed by atoms with van der Waals surface area (Å²) in [6.45, 7) is 2.69. The lowest BCUT2D eigenvalue weighted by Gasteiger charge is -2.11. The Morgan fingerprint density at radius 3 is 2.71 bits per heavy atom. The van der Waals surface area contributed by atoms with Gasteiger partial charge in [0.25, 0.3) is 0 Å². The molecule has 1 amide bonds. The summed E-state index contributed by atoms with van der Waals surface area (Å²) in [4.78, 5) is 11.4. The van der Waals surface area contributed by atoms with E-state index >= 15 is 0 Å². The first-order valence-electron chi connectivity index (χ1n) is 6.39. The molecule has 0 aliphatic heterocycles. The van der Waals surface area contributed by atoms with Gasteiger partial charge in [0, 0.05) is 19.7 Å². The minimum Gasteiger partial charge on any atom is -0.382 e. The SMILES string of the molecule is COCCOCCNC(=O)CNC1CCCC1. The molecule has 0 heterocycles. The molecule has 0 saturated heterocycles. The molecule has 0 atom stereocenters. The Morgan fingerprint density at radius 2 is 2.00 bits per heavy atom. The Morgan fingerprint density at radius 1 is 1.24 bits per heavy atom. The van der Waals surface area contributed by atoms with Crippen molar-refractivity contribution in [2.24, 2.45) is 0 Å². The van der Waals surface area contributed by atoms with E-state index in [-0.39, 0.29) is 5.91 Å². The predicted molar refractivity (Wildman–Crippen MR) is 66.0 cm³/mol. The average molecular weight is 244 g/mol. The summed E-state index contributed by atoms with van der Waals surface area (Å²) in [5, 5.41) is 6.09. The van der Waals surface area contributed by atoms with Gasteiger partial charge in [-0.1, -0.05) is 12.8 Å². The number of nitrogens with one attached hydrogen (secondary N) is 2. The molecule has 0 aromatic heterocycles. The van der Waals surface area contributed by atoms with Crippen molar-refractivity contribution in [3.8, 4) is 0 Å². The normalized spacial score (nSPS) is 16.3. The molecular weight excluding hydrogens is 220 g/mol. The third-order valence-corrected chi connectivity index (χ3v) is 2.91. The number of methoxy groups -OCH3 is 1. The summed E-state index contributed by atoms with van der Waals surface area (Å²) in [5.41, 5.74) is 0. The average Bonchev–Trinajstić information content (AvgIpc) is 2.84. The number of ether oxygens (including phenoxy) is 2. The smallest absolute Gasteiger partial charge is 0.234 e. The molecule has 1 saturated carbocycles. The number of carbonyl (C=O) groups is 1. The maximum absolute atomic E-state index is 11.4. The van der Waals surface area contributed by atoms with E-state index in [0.717, 1.165) is 0 Å². The van der Waals surface area contributed by atoms with Gasteiger partial charge in [0.05, 0.1) is 26.4 Å². The largest absolute Gasteiger partial charge is 0.382 e. The van der Waals surface area contributed by atoms with Crippen molar-refractivity contribution in [3.05, 3.63) is 0 Å². The van der Waals surface area contributed by atoms with Gasteiger partial charge < -0.3 is 20.1 Å². The van der Waals surface area contributed by atoms with Crippen LogP contribution in [0.2, 0.25) is 0 Å². The van der Waals surface area contributed by atoms with Crippen LogP contribution in [0.25, 0.3) is 0 Å². The van der Waals surface area contributed by atoms with Crippen molar-refractivity contribution < 1.29 is 14.3 Å². The zero-order valence-electron chi connectivity index (χ0n) is 10.7. The highest BCUT2D eigenvalue weighted by Gasteiger charge is 2.14. The molecular formula is C12H24N2O3. The Hall–Kier alpha value is -0.650. The summed E-state index contributed by atoms with van der Waals surface area (Å²) in [6.07, 6.45) is 4.97. The maximum Gasteiger partial charge on any atom is 0.234 e. The minimum atomic E-state index is 0.0484. The van der Waals surface area contributed by atoms with Gasteiger partial charge in [-0.05, 0) is 12.8 Å². The molecule has 5 heteroatoms. The van der Waals surface area contributed by atoms with E-state index in [9.17, 15) is 4.79 Å². The van der Waals surface area contributed by atoms with Crippen LogP contribution in [0.3, 0.4) is 0 Å². The van der Waals surface area contributed by atoms with E-state index in [1.165, 1.54) is 25.7 Å². The monoisotopic (exact) mass is 244 g/mol. The van der Waals surface area contributed by atoms with Crippen LogP contribution in [-0.4, -0.2) is 52.0 Å². The third-order valence-electron chi connectivity index (χ3n) is 2.91. The summed E-state index contributed by atoms with van der Waals surface area (Å²) in [5.74, 6) is 0.0484. The number of hydrogen-bond donors (Lipinski definition) is 2. The highest BCUT2D eigenvalue weighted by molar-refractivity contribution is 5.77. The summed E-state index contributed by atoms with van der Waals surface area (Å²) in [7, 11) is 1.64. The second-order valence-corrected chi connectivity index (χ2v) is 4.32. The first-order valence-corrected chi connectivity index (χ1v) is 6.39. The molecule has 0 unspecified atom stereocenters. The molecule has 1 rings (SSSR count). The van der Waals surface area contributed by atoms with Crippen LogP contribution in [0.4, 0.5) is 0 Å². The van der Waals surface area contributed by atoms with Crippen LogP contribution in [0, 0.1) is 0 Å². The molecule has 1 fully saturated rings. The van der Waals surface area contributed by atoms with Crippen molar-refractivity contribution in [3.63, 3.8) is 0 Å². The van der Waals surface area contributed by atoms with Gasteiger partial charge in [0.2, 0.25) is 5.91 Å². The van der Waals surface area contributed by atoms with Crippen LogP contribution in [0.5, 0.6) is 0 Å². The fraction of sp³-hybridized carbons (Fsp3) is 0.917. The highest BCUT2D eigenvalue weighted by atomic mass is 16.5. The lowest BCUT2D eigenvalue weighted by molar-refractivity contribution is -0.120. The molecule has 0 spiro atoms.